The van der Waals surface area contributed by atoms with Crippen LogP contribution in [0.25, 0.3) is 10.9 Å². The van der Waals surface area contributed by atoms with Crippen LogP contribution in [-0.2, 0) is 0 Å². The molecule has 0 atom stereocenters. The number of carbonyl (C=O) groups excluding carboxylic acids is 1. The Morgan fingerprint density at radius 1 is 1.37 bits per heavy atom. The van der Waals surface area contributed by atoms with E-state index in [-0.39, 0.29) is 11.4 Å². The van der Waals surface area contributed by atoms with E-state index in [2.05, 4.69) is 11.6 Å². The minimum absolute atomic E-state index is 0.00333. The first kappa shape index (κ1) is 13.4. The number of aromatic amines is 1. The Morgan fingerprint density at radius 3 is 2.63 bits per heavy atom. The highest BCUT2D eigenvalue weighted by atomic mass is 16.2. The predicted molar refractivity (Wildman–Crippen MR) is 79.3 cm³/mol. The van der Waals surface area contributed by atoms with Crippen LogP contribution in [0.2, 0.25) is 0 Å². The number of rotatable bonds is 3. The van der Waals surface area contributed by atoms with E-state index in [1.165, 1.54) is 0 Å². The van der Waals surface area contributed by atoms with Crippen LogP contribution in [0.5, 0.6) is 0 Å². The second-order valence-electron chi connectivity index (χ2n) is 5.65. The van der Waals surface area contributed by atoms with Gasteiger partial charge in [-0.2, -0.15) is 0 Å². The van der Waals surface area contributed by atoms with Crippen molar-refractivity contribution in [3.05, 3.63) is 48.7 Å². The summed E-state index contributed by atoms with van der Waals surface area (Å²) in [6, 6.07) is 9.80. The second-order valence-corrected chi connectivity index (χ2v) is 5.65. The first-order valence-electron chi connectivity index (χ1n) is 6.44. The summed E-state index contributed by atoms with van der Waals surface area (Å²) in [6.45, 7) is 10.3. The lowest BCUT2D eigenvalue weighted by Gasteiger charge is -2.34. The van der Waals surface area contributed by atoms with Crippen LogP contribution in [0.4, 0.5) is 0 Å². The summed E-state index contributed by atoms with van der Waals surface area (Å²) < 4.78 is 0. The van der Waals surface area contributed by atoms with Crippen LogP contribution in [0.15, 0.2) is 43.0 Å². The molecule has 2 rings (SSSR count). The van der Waals surface area contributed by atoms with Crippen molar-refractivity contribution >= 4 is 16.8 Å². The van der Waals surface area contributed by atoms with Crippen molar-refractivity contribution in [2.24, 2.45) is 0 Å². The lowest BCUT2D eigenvalue weighted by molar-refractivity contribution is 0.0611. The van der Waals surface area contributed by atoms with Crippen LogP contribution in [0.3, 0.4) is 0 Å². The monoisotopic (exact) mass is 256 g/mol. The van der Waals surface area contributed by atoms with Crippen LogP contribution in [0, 0.1) is 0 Å². The molecule has 0 aliphatic heterocycles. The molecule has 19 heavy (non-hydrogen) atoms. The molecule has 1 amide bonds. The Kier molecular flexibility index (Phi) is 3.47. The molecule has 0 saturated heterocycles. The summed E-state index contributed by atoms with van der Waals surface area (Å²) in [5.41, 5.74) is 1.37. The van der Waals surface area contributed by atoms with Gasteiger partial charge in [-0.15, -0.1) is 6.58 Å². The number of para-hydroxylation sites is 1. The molecule has 1 heterocycles. The van der Waals surface area contributed by atoms with E-state index in [0.29, 0.717) is 12.2 Å². The van der Waals surface area contributed by atoms with Gasteiger partial charge in [0.15, 0.2) is 0 Å². The predicted octanol–water partition coefficient (Wildman–Crippen LogP) is 3.59. The summed E-state index contributed by atoms with van der Waals surface area (Å²) in [5, 5.41) is 1.05. The van der Waals surface area contributed by atoms with Gasteiger partial charge in [0, 0.05) is 23.0 Å². The van der Waals surface area contributed by atoms with Crippen molar-refractivity contribution in [3.8, 4) is 0 Å². The molecule has 100 valence electrons. The molecule has 1 aromatic carbocycles. The molecule has 1 aromatic heterocycles. The lowest BCUT2D eigenvalue weighted by Crippen LogP contribution is -2.45. The normalized spacial score (nSPS) is 11.5. The van der Waals surface area contributed by atoms with E-state index in [1.807, 2.05) is 56.0 Å². The number of aromatic nitrogens is 1. The topological polar surface area (TPSA) is 36.1 Å². The Balaban J connectivity index is 2.38. The SMILES string of the molecule is C=CCN(C(=O)c1cc2ccccc2[nH]1)C(C)(C)C. The molecule has 0 radical (unpaired) electrons. The smallest absolute Gasteiger partial charge is 0.271 e. The second kappa shape index (κ2) is 4.92. The van der Waals surface area contributed by atoms with Crippen molar-refractivity contribution in [3.63, 3.8) is 0 Å². The molecule has 0 aliphatic rings. The van der Waals surface area contributed by atoms with Crippen molar-refractivity contribution in [2.45, 2.75) is 26.3 Å². The molecule has 0 spiro atoms. The Bertz CT molecular complexity index is 571. The van der Waals surface area contributed by atoms with Gasteiger partial charge in [0.05, 0.1) is 0 Å². The highest BCUT2D eigenvalue weighted by Gasteiger charge is 2.27. The lowest BCUT2D eigenvalue weighted by atomic mass is 10.1. The first-order valence-corrected chi connectivity index (χ1v) is 6.44. The highest BCUT2D eigenvalue weighted by molar-refractivity contribution is 5.98. The van der Waals surface area contributed by atoms with Crippen molar-refractivity contribution < 1.29 is 4.79 Å². The number of nitrogens with zero attached hydrogens (tertiary/aromatic N) is 1. The minimum atomic E-state index is -0.234. The third-order valence-electron chi connectivity index (χ3n) is 3.13. The van der Waals surface area contributed by atoms with Crippen molar-refractivity contribution in [1.29, 1.82) is 0 Å². The maximum atomic E-state index is 12.6. The van der Waals surface area contributed by atoms with Gasteiger partial charge in [-0.3, -0.25) is 4.79 Å². The van der Waals surface area contributed by atoms with Crippen LogP contribution < -0.4 is 0 Å². The highest BCUT2D eigenvalue weighted by Crippen LogP contribution is 2.20. The summed E-state index contributed by atoms with van der Waals surface area (Å²) in [4.78, 5) is 17.6. The summed E-state index contributed by atoms with van der Waals surface area (Å²) in [5.74, 6) is 0.00333. The maximum Gasteiger partial charge on any atom is 0.271 e. The molecule has 3 heteroatoms. The first-order chi connectivity index (χ1) is 8.93. The van der Waals surface area contributed by atoms with Gasteiger partial charge in [0.25, 0.3) is 5.91 Å². The molecule has 0 aliphatic carbocycles. The maximum absolute atomic E-state index is 12.6. The van der Waals surface area contributed by atoms with E-state index in [0.717, 1.165) is 10.9 Å². The van der Waals surface area contributed by atoms with E-state index < -0.39 is 0 Å². The molecule has 3 nitrogen and oxygen atoms in total. The number of nitrogens with one attached hydrogen (secondary N) is 1. The molecule has 0 saturated carbocycles. The summed E-state index contributed by atoms with van der Waals surface area (Å²) in [6.07, 6.45) is 1.76. The van der Waals surface area contributed by atoms with Crippen LogP contribution in [-0.4, -0.2) is 27.9 Å². The van der Waals surface area contributed by atoms with Gasteiger partial charge in [-0.05, 0) is 32.9 Å². The number of benzene rings is 1. The molecular weight excluding hydrogens is 236 g/mol. The number of hydrogen-bond donors (Lipinski definition) is 1. The van der Waals surface area contributed by atoms with Gasteiger partial charge in [0.1, 0.15) is 5.69 Å². The molecular formula is C16H20N2O. The number of carbonyl (C=O) groups is 1. The minimum Gasteiger partial charge on any atom is -0.351 e. The quantitative estimate of drug-likeness (QED) is 0.837. The Labute approximate surface area is 113 Å². The van der Waals surface area contributed by atoms with Gasteiger partial charge in [0.2, 0.25) is 0 Å². The third kappa shape index (κ3) is 2.70. The molecule has 0 unspecified atom stereocenters. The molecule has 0 bridgehead atoms. The number of fused-ring (bicyclic) bond motifs is 1. The van der Waals surface area contributed by atoms with Crippen LogP contribution in [0.1, 0.15) is 31.3 Å². The molecule has 1 N–H and O–H groups in total. The van der Waals surface area contributed by atoms with Gasteiger partial charge in [-0.1, -0.05) is 24.3 Å². The van der Waals surface area contributed by atoms with Crippen molar-refractivity contribution in [2.75, 3.05) is 6.54 Å². The fourth-order valence-electron chi connectivity index (χ4n) is 2.12. The van der Waals surface area contributed by atoms with Gasteiger partial charge >= 0.3 is 0 Å². The van der Waals surface area contributed by atoms with E-state index in [9.17, 15) is 4.79 Å². The fourth-order valence-corrected chi connectivity index (χ4v) is 2.12. The largest absolute Gasteiger partial charge is 0.351 e. The number of H-pyrrole nitrogens is 1. The van der Waals surface area contributed by atoms with E-state index in [4.69, 9.17) is 0 Å². The zero-order valence-electron chi connectivity index (χ0n) is 11.7. The Hall–Kier alpha value is -2.03. The standard InChI is InChI=1S/C16H20N2O/c1-5-10-18(16(2,3)4)15(19)14-11-12-8-6-7-9-13(12)17-14/h5-9,11,17H,1,10H2,2-4H3. The van der Waals surface area contributed by atoms with Crippen LogP contribution >= 0.6 is 0 Å². The molecule has 2 aromatic rings. The summed E-state index contributed by atoms with van der Waals surface area (Å²) >= 11 is 0. The zero-order chi connectivity index (χ0) is 14.0. The van der Waals surface area contributed by atoms with Gasteiger partial charge < -0.3 is 9.88 Å². The fraction of sp³-hybridized carbons (Fsp3) is 0.312. The summed E-state index contributed by atoms with van der Waals surface area (Å²) in [7, 11) is 0. The number of amides is 1. The average molecular weight is 256 g/mol. The Morgan fingerprint density at radius 2 is 2.05 bits per heavy atom. The van der Waals surface area contributed by atoms with E-state index >= 15 is 0 Å². The average Bonchev–Trinajstić information content (AvgIpc) is 2.77. The van der Waals surface area contributed by atoms with Crippen molar-refractivity contribution in [1.82, 2.24) is 9.88 Å². The number of hydrogen-bond acceptors (Lipinski definition) is 1. The van der Waals surface area contributed by atoms with Gasteiger partial charge in [-0.25, -0.2) is 0 Å². The third-order valence-corrected chi connectivity index (χ3v) is 3.13. The molecule has 0 fully saturated rings. The van der Waals surface area contributed by atoms with E-state index in [1.54, 1.807) is 6.08 Å². The zero-order valence-corrected chi connectivity index (χ0v) is 11.7.